The second-order valence-electron chi connectivity index (χ2n) is 10.5. The molecule has 0 heterocycles. The zero-order chi connectivity index (χ0) is 28.9. The van der Waals surface area contributed by atoms with Crippen molar-refractivity contribution in [1.29, 1.82) is 0 Å². The maximum absolute atomic E-state index is 14.0. The van der Waals surface area contributed by atoms with Crippen molar-refractivity contribution >= 4 is 39.1 Å². The topological polar surface area (TPSA) is 86.8 Å². The van der Waals surface area contributed by atoms with Crippen LogP contribution in [0.1, 0.15) is 49.3 Å². The largest absolute Gasteiger partial charge is 0.352 e. The predicted molar refractivity (Wildman–Crippen MR) is 159 cm³/mol. The van der Waals surface area contributed by atoms with E-state index in [0.717, 1.165) is 46.7 Å². The first kappa shape index (κ1) is 29.6. The lowest BCUT2D eigenvalue weighted by molar-refractivity contribution is -0.139. The smallest absolute Gasteiger partial charge is 0.264 e. The molecule has 4 rings (SSSR count). The molecule has 0 spiro atoms. The summed E-state index contributed by atoms with van der Waals surface area (Å²) in [5.74, 6) is -0.742. The zero-order valence-corrected chi connectivity index (χ0v) is 24.7. The molecule has 1 saturated carbocycles. The molecule has 1 unspecified atom stereocenters. The van der Waals surface area contributed by atoms with Gasteiger partial charge in [-0.25, -0.2) is 8.42 Å². The molecule has 1 aliphatic carbocycles. The Morgan fingerprint density at radius 1 is 0.950 bits per heavy atom. The molecule has 2 amide bonds. The molecule has 1 N–H and O–H groups in total. The molecular weight excluding hydrogens is 546 g/mol. The second kappa shape index (κ2) is 12.9. The fourth-order valence-corrected chi connectivity index (χ4v) is 6.45. The summed E-state index contributed by atoms with van der Waals surface area (Å²) in [6, 6.07) is 19.9. The fourth-order valence-electron chi connectivity index (χ4n) is 4.86. The standard InChI is InChI=1S/C31H36ClN3O4S/c1-22-11-15-25(16-12-22)20-34(24(3)31(37)33-27-8-4-5-9-27)30(36)21-35(28-10-6-7-26(32)19-28)40(38,39)29-17-13-23(2)14-18-29/h6-7,10-19,24,27H,4-5,8-9,20-21H2,1-3H3,(H,33,37). The van der Waals surface area contributed by atoms with Crippen molar-refractivity contribution in [2.75, 3.05) is 10.8 Å². The third-order valence-electron chi connectivity index (χ3n) is 7.33. The number of nitrogens with one attached hydrogen (secondary N) is 1. The minimum atomic E-state index is -4.13. The van der Waals surface area contributed by atoms with Gasteiger partial charge in [-0.05, 0) is 69.5 Å². The SMILES string of the molecule is Cc1ccc(CN(C(=O)CN(c2cccc(Cl)c2)S(=O)(=O)c2ccc(C)cc2)C(C)C(=O)NC2CCCC2)cc1. The maximum atomic E-state index is 14.0. The van der Waals surface area contributed by atoms with Gasteiger partial charge < -0.3 is 10.2 Å². The molecule has 1 atom stereocenters. The molecule has 7 nitrogen and oxygen atoms in total. The third kappa shape index (κ3) is 7.23. The summed E-state index contributed by atoms with van der Waals surface area (Å²) in [6.45, 7) is 5.20. The van der Waals surface area contributed by atoms with Gasteiger partial charge >= 0.3 is 0 Å². The molecule has 0 saturated heterocycles. The van der Waals surface area contributed by atoms with Gasteiger partial charge in [0.2, 0.25) is 11.8 Å². The summed E-state index contributed by atoms with van der Waals surface area (Å²) < 4.78 is 28.8. The van der Waals surface area contributed by atoms with Gasteiger partial charge in [0.15, 0.2) is 0 Å². The number of hydrogen-bond donors (Lipinski definition) is 1. The number of halogens is 1. The van der Waals surface area contributed by atoms with Gasteiger partial charge in [-0.3, -0.25) is 13.9 Å². The van der Waals surface area contributed by atoms with Crippen molar-refractivity contribution in [3.63, 3.8) is 0 Å². The fraction of sp³-hybridized carbons (Fsp3) is 0.355. The van der Waals surface area contributed by atoms with Gasteiger partial charge in [0.05, 0.1) is 10.6 Å². The van der Waals surface area contributed by atoms with E-state index in [0.29, 0.717) is 5.02 Å². The predicted octanol–water partition coefficient (Wildman–Crippen LogP) is 5.63. The second-order valence-corrected chi connectivity index (χ2v) is 12.8. The summed E-state index contributed by atoms with van der Waals surface area (Å²) in [4.78, 5) is 28.8. The minimum absolute atomic E-state index is 0.0583. The van der Waals surface area contributed by atoms with E-state index in [2.05, 4.69) is 5.32 Å². The molecule has 1 fully saturated rings. The van der Waals surface area contributed by atoms with Crippen LogP contribution < -0.4 is 9.62 Å². The molecule has 40 heavy (non-hydrogen) atoms. The van der Waals surface area contributed by atoms with Crippen LogP contribution in [0.2, 0.25) is 5.02 Å². The summed E-state index contributed by atoms with van der Waals surface area (Å²) in [6.07, 6.45) is 3.97. The molecule has 0 radical (unpaired) electrons. The Balaban J connectivity index is 1.68. The van der Waals surface area contributed by atoms with Crippen LogP contribution in [-0.2, 0) is 26.2 Å². The number of anilines is 1. The van der Waals surface area contributed by atoms with Crippen molar-refractivity contribution in [3.05, 3.63) is 94.5 Å². The highest BCUT2D eigenvalue weighted by Crippen LogP contribution is 2.27. The van der Waals surface area contributed by atoms with Crippen LogP contribution in [0.5, 0.6) is 0 Å². The van der Waals surface area contributed by atoms with Crippen molar-refractivity contribution in [1.82, 2.24) is 10.2 Å². The van der Waals surface area contributed by atoms with E-state index in [1.165, 1.54) is 23.1 Å². The first-order valence-electron chi connectivity index (χ1n) is 13.5. The highest BCUT2D eigenvalue weighted by molar-refractivity contribution is 7.92. The first-order chi connectivity index (χ1) is 19.0. The van der Waals surface area contributed by atoms with Crippen molar-refractivity contribution in [3.8, 4) is 0 Å². The quantitative estimate of drug-likeness (QED) is 0.336. The van der Waals surface area contributed by atoms with E-state index < -0.39 is 28.5 Å². The van der Waals surface area contributed by atoms with E-state index in [4.69, 9.17) is 11.6 Å². The number of sulfonamides is 1. The van der Waals surface area contributed by atoms with Gasteiger partial charge in [-0.15, -0.1) is 0 Å². The van der Waals surface area contributed by atoms with Gasteiger partial charge in [-0.2, -0.15) is 0 Å². The van der Waals surface area contributed by atoms with Gasteiger partial charge in [0.1, 0.15) is 12.6 Å². The summed E-state index contributed by atoms with van der Waals surface area (Å²) in [7, 11) is -4.13. The monoisotopic (exact) mass is 581 g/mol. The molecule has 3 aromatic carbocycles. The Kier molecular flexibility index (Phi) is 9.53. The van der Waals surface area contributed by atoms with Gasteiger partial charge in [0, 0.05) is 17.6 Å². The van der Waals surface area contributed by atoms with Crippen LogP contribution >= 0.6 is 11.6 Å². The average Bonchev–Trinajstić information content (AvgIpc) is 3.44. The summed E-state index contributed by atoms with van der Waals surface area (Å²) in [5, 5.41) is 3.42. The van der Waals surface area contributed by atoms with Crippen LogP contribution in [0.4, 0.5) is 5.69 Å². The Hall–Kier alpha value is -3.36. The molecule has 1 aliphatic rings. The normalized spacial score (nSPS) is 14.5. The number of carbonyl (C=O) groups is 2. The van der Waals surface area contributed by atoms with Crippen LogP contribution in [0.25, 0.3) is 0 Å². The molecule has 212 valence electrons. The lowest BCUT2D eigenvalue weighted by Crippen LogP contribution is -2.52. The first-order valence-corrected chi connectivity index (χ1v) is 15.4. The number of hydrogen-bond acceptors (Lipinski definition) is 4. The summed E-state index contributed by atoms with van der Waals surface area (Å²) >= 11 is 6.23. The molecule has 0 bridgehead atoms. The zero-order valence-electron chi connectivity index (χ0n) is 23.1. The number of amides is 2. The third-order valence-corrected chi connectivity index (χ3v) is 9.35. The highest BCUT2D eigenvalue weighted by Gasteiger charge is 2.33. The lowest BCUT2D eigenvalue weighted by atomic mass is 10.1. The van der Waals surface area contributed by atoms with Gasteiger partial charge in [-0.1, -0.05) is 78.0 Å². The van der Waals surface area contributed by atoms with Gasteiger partial charge in [0.25, 0.3) is 10.0 Å². The Labute approximate surface area is 242 Å². The van der Waals surface area contributed by atoms with Crippen LogP contribution in [0.3, 0.4) is 0 Å². The molecule has 9 heteroatoms. The van der Waals surface area contributed by atoms with Crippen LogP contribution in [0.15, 0.2) is 77.7 Å². The van der Waals surface area contributed by atoms with Crippen LogP contribution in [0, 0.1) is 13.8 Å². The molecule has 0 aliphatic heterocycles. The number of carbonyl (C=O) groups excluding carboxylic acids is 2. The number of rotatable bonds is 10. The minimum Gasteiger partial charge on any atom is -0.352 e. The van der Waals surface area contributed by atoms with E-state index >= 15 is 0 Å². The maximum Gasteiger partial charge on any atom is 0.264 e. The highest BCUT2D eigenvalue weighted by atomic mass is 35.5. The van der Waals surface area contributed by atoms with E-state index in [9.17, 15) is 18.0 Å². The number of nitrogens with zero attached hydrogens (tertiary/aromatic N) is 2. The number of benzene rings is 3. The van der Waals surface area contributed by atoms with Crippen molar-refractivity contribution < 1.29 is 18.0 Å². The van der Waals surface area contributed by atoms with E-state index in [1.807, 2.05) is 38.1 Å². The number of aryl methyl sites for hydroxylation is 2. The van der Waals surface area contributed by atoms with E-state index in [-0.39, 0.29) is 29.1 Å². The van der Waals surface area contributed by atoms with Crippen molar-refractivity contribution in [2.24, 2.45) is 0 Å². The Bertz CT molecular complexity index is 1440. The molecule has 0 aromatic heterocycles. The van der Waals surface area contributed by atoms with E-state index in [1.54, 1.807) is 37.3 Å². The Morgan fingerprint density at radius 3 is 2.15 bits per heavy atom. The lowest BCUT2D eigenvalue weighted by Gasteiger charge is -2.32. The molecule has 3 aromatic rings. The van der Waals surface area contributed by atoms with Crippen LogP contribution in [-0.4, -0.2) is 43.8 Å². The van der Waals surface area contributed by atoms with Crippen molar-refractivity contribution in [2.45, 2.75) is 70.0 Å². The average molecular weight is 582 g/mol. The Morgan fingerprint density at radius 2 is 1.55 bits per heavy atom. The molecular formula is C31H36ClN3O4S. The summed E-state index contributed by atoms with van der Waals surface area (Å²) in [5.41, 5.74) is 3.09.